The number of halogens is 1. The summed E-state index contributed by atoms with van der Waals surface area (Å²) in [7, 11) is 0. The van der Waals surface area contributed by atoms with E-state index in [4.69, 9.17) is 5.11 Å². The van der Waals surface area contributed by atoms with Gasteiger partial charge in [-0.25, -0.2) is 4.79 Å². The maximum Gasteiger partial charge on any atom is 0.336 e. The number of carboxylic acid groups (broad SMARTS) is 1. The number of carbonyl (C=O) groups is 1. The molecular formula is C11H11IO2. The van der Waals surface area contributed by atoms with E-state index in [1.54, 1.807) is 18.2 Å². The van der Waals surface area contributed by atoms with Crippen molar-refractivity contribution in [2.45, 2.75) is 10.8 Å². The number of alkyl halides is 1. The van der Waals surface area contributed by atoms with Gasteiger partial charge in [-0.05, 0) is 12.5 Å². The molecule has 0 aliphatic rings. The van der Waals surface area contributed by atoms with E-state index in [1.807, 2.05) is 25.1 Å². The SMILES string of the molecule is CC(I)C=C(C(=O)O)c1ccccc1. The van der Waals surface area contributed by atoms with Gasteiger partial charge in [0.2, 0.25) is 0 Å². The van der Waals surface area contributed by atoms with E-state index in [9.17, 15) is 4.79 Å². The number of rotatable bonds is 3. The smallest absolute Gasteiger partial charge is 0.336 e. The molecule has 0 bridgehead atoms. The highest BCUT2D eigenvalue weighted by Crippen LogP contribution is 2.17. The summed E-state index contributed by atoms with van der Waals surface area (Å²) in [5.41, 5.74) is 1.12. The molecule has 14 heavy (non-hydrogen) atoms. The number of hydrogen-bond donors (Lipinski definition) is 1. The normalized spacial score (nSPS) is 13.7. The summed E-state index contributed by atoms with van der Waals surface area (Å²) in [6, 6.07) is 9.16. The van der Waals surface area contributed by atoms with Gasteiger partial charge in [0.15, 0.2) is 0 Å². The van der Waals surface area contributed by atoms with Crippen LogP contribution in [0.4, 0.5) is 0 Å². The average Bonchev–Trinajstić information content (AvgIpc) is 2.15. The molecule has 0 aliphatic heterocycles. The second-order valence-corrected chi connectivity index (χ2v) is 4.89. The monoisotopic (exact) mass is 302 g/mol. The number of benzene rings is 1. The molecule has 74 valence electrons. The molecule has 0 heterocycles. The summed E-state index contributed by atoms with van der Waals surface area (Å²) in [6.45, 7) is 1.95. The molecule has 0 aliphatic carbocycles. The Kier molecular flexibility index (Phi) is 4.13. The molecule has 0 radical (unpaired) electrons. The highest BCUT2D eigenvalue weighted by atomic mass is 127. The highest BCUT2D eigenvalue weighted by molar-refractivity contribution is 14.1. The van der Waals surface area contributed by atoms with Crippen LogP contribution in [0.1, 0.15) is 12.5 Å². The van der Waals surface area contributed by atoms with E-state index in [0.29, 0.717) is 5.57 Å². The Balaban J connectivity index is 3.08. The fourth-order valence-corrected chi connectivity index (χ4v) is 1.50. The first-order valence-electron chi connectivity index (χ1n) is 4.26. The quantitative estimate of drug-likeness (QED) is 0.529. The fourth-order valence-electron chi connectivity index (χ4n) is 1.14. The Morgan fingerprint density at radius 1 is 1.43 bits per heavy atom. The van der Waals surface area contributed by atoms with Crippen molar-refractivity contribution in [2.24, 2.45) is 0 Å². The van der Waals surface area contributed by atoms with E-state index in [2.05, 4.69) is 22.6 Å². The van der Waals surface area contributed by atoms with Crippen LogP contribution in [0.5, 0.6) is 0 Å². The summed E-state index contributed by atoms with van der Waals surface area (Å²) in [4.78, 5) is 11.0. The molecule has 1 aromatic rings. The van der Waals surface area contributed by atoms with Gasteiger partial charge in [0.25, 0.3) is 0 Å². The van der Waals surface area contributed by atoms with Crippen LogP contribution in [0.2, 0.25) is 0 Å². The summed E-state index contributed by atoms with van der Waals surface area (Å²) >= 11 is 2.18. The predicted octanol–water partition coefficient (Wildman–Crippen LogP) is 2.98. The Morgan fingerprint density at radius 2 is 2.00 bits per heavy atom. The van der Waals surface area contributed by atoms with Crippen molar-refractivity contribution in [2.75, 3.05) is 0 Å². The van der Waals surface area contributed by atoms with Crippen LogP contribution in [0.3, 0.4) is 0 Å². The van der Waals surface area contributed by atoms with Gasteiger partial charge in [-0.3, -0.25) is 0 Å². The van der Waals surface area contributed by atoms with E-state index < -0.39 is 5.97 Å². The maximum absolute atomic E-state index is 11.0. The molecule has 0 spiro atoms. The van der Waals surface area contributed by atoms with E-state index in [1.165, 1.54) is 0 Å². The van der Waals surface area contributed by atoms with Gasteiger partial charge >= 0.3 is 5.97 Å². The van der Waals surface area contributed by atoms with Crippen molar-refractivity contribution < 1.29 is 9.90 Å². The third-order valence-electron chi connectivity index (χ3n) is 1.71. The Morgan fingerprint density at radius 3 is 2.43 bits per heavy atom. The van der Waals surface area contributed by atoms with Gasteiger partial charge in [0.05, 0.1) is 5.57 Å². The molecule has 1 aromatic carbocycles. The molecule has 1 unspecified atom stereocenters. The summed E-state index contributed by atoms with van der Waals surface area (Å²) in [6.07, 6.45) is 1.75. The Labute approximate surface area is 96.8 Å². The predicted molar refractivity (Wildman–Crippen MR) is 65.5 cm³/mol. The minimum absolute atomic E-state index is 0.207. The highest BCUT2D eigenvalue weighted by Gasteiger charge is 2.10. The molecule has 3 heteroatoms. The largest absolute Gasteiger partial charge is 0.478 e. The maximum atomic E-state index is 11.0. The lowest BCUT2D eigenvalue weighted by atomic mass is 10.1. The van der Waals surface area contributed by atoms with Crippen LogP contribution in [-0.4, -0.2) is 15.0 Å². The van der Waals surface area contributed by atoms with Gasteiger partial charge in [-0.15, -0.1) is 0 Å². The zero-order valence-electron chi connectivity index (χ0n) is 7.77. The standard InChI is InChI=1S/C11H11IO2/c1-8(12)7-10(11(13)14)9-5-3-2-4-6-9/h2-8H,1H3,(H,13,14). The third kappa shape index (κ3) is 3.14. The molecule has 2 nitrogen and oxygen atoms in total. The zero-order valence-corrected chi connectivity index (χ0v) is 9.93. The summed E-state index contributed by atoms with van der Waals surface area (Å²) < 4.78 is 0.207. The second-order valence-electron chi connectivity index (χ2n) is 2.93. The van der Waals surface area contributed by atoms with Crippen molar-refractivity contribution in [3.8, 4) is 0 Å². The topological polar surface area (TPSA) is 37.3 Å². The summed E-state index contributed by atoms with van der Waals surface area (Å²) in [5, 5.41) is 9.00. The number of aliphatic carboxylic acids is 1. The molecule has 0 saturated carbocycles. The zero-order chi connectivity index (χ0) is 10.6. The van der Waals surface area contributed by atoms with E-state index in [0.717, 1.165) is 5.56 Å². The van der Waals surface area contributed by atoms with Gasteiger partial charge in [0, 0.05) is 3.92 Å². The summed E-state index contributed by atoms with van der Waals surface area (Å²) in [5.74, 6) is -0.875. The number of hydrogen-bond acceptors (Lipinski definition) is 1. The third-order valence-corrected chi connectivity index (χ3v) is 2.07. The first-order chi connectivity index (χ1) is 6.61. The van der Waals surface area contributed by atoms with Crippen LogP contribution < -0.4 is 0 Å². The van der Waals surface area contributed by atoms with Gasteiger partial charge in [0.1, 0.15) is 0 Å². The van der Waals surface area contributed by atoms with E-state index in [-0.39, 0.29) is 3.92 Å². The lowest BCUT2D eigenvalue weighted by Gasteiger charge is -2.03. The van der Waals surface area contributed by atoms with Crippen LogP contribution in [0.25, 0.3) is 5.57 Å². The van der Waals surface area contributed by atoms with Gasteiger partial charge < -0.3 is 5.11 Å². The first kappa shape index (κ1) is 11.2. The average molecular weight is 302 g/mol. The van der Waals surface area contributed by atoms with Crippen molar-refractivity contribution in [3.05, 3.63) is 42.0 Å². The number of carboxylic acids is 1. The van der Waals surface area contributed by atoms with Gasteiger partial charge in [-0.1, -0.05) is 59.0 Å². The van der Waals surface area contributed by atoms with Crippen LogP contribution in [0.15, 0.2) is 36.4 Å². The Bertz CT molecular complexity index is 342. The Hall–Kier alpha value is -0.840. The second kappa shape index (κ2) is 5.14. The molecule has 1 atom stereocenters. The van der Waals surface area contributed by atoms with Crippen LogP contribution >= 0.6 is 22.6 Å². The van der Waals surface area contributed by atoms with E-state index >= 15 is 0 Å². The first-order valence-corrected chi connectivity index (χ1v) is 5.50. The number of allylic oxidation sites excluding steroid dienone is 1. The lowest BCUT2D eigenvalue weighted by molar-refractivity contribution is -0.130. The molecular weight excluding hydrogens is 291 g/mol. The van der Waals surface area contributed by atoms with Crippen LogP contribution in [0, 0.1) is 0 Å². The van der Waals surface area contributed by atoms with Crippen LogP contribution in [-0.2, 0) is 4.79 Å². The molecule has 0 amide bonds. The fraction of sp³-hybridized carbons (Fsp3) is 0.182. The van der Waals surface area contributed by atoms with Crippen molar-refractivity contribution in [1.29, 1.82) is 0 Å². The molecule has 1 rings (SSSR count). The molecule has 0 aromatic heterocycles. The molecule has 1 N–H and O–H groups in total. The molecule has 0 saturated heterocycles. The molecule has 0 fully saturated rings. The minimum Gasteiger partial charge on any atom is -0.478 e. The minimum atomic E-state index is -0.875. The van der Waals surface area contributed by atoms with Crippen molar-refractivity contribution in [3.63, 3.8) is 0 Å². The van der Waals surface area contributed by atoms with Crippen molar-refractivity contribution >= 4 is 34.1 Å². The lowest BCUT2D eigenvalue weighted by Crippen LogP contribution is -2.01. The van der Waals surface area contributed by atoms with Crippen molar-refractivity contribution in [1.82, 2.24) is 0 Å². The van der Waals surface area contributed by atoms with Gasteiger partial charge in [-0.2, -0.15) is 0 Å².